The molecule has 0 saturated carbocycles. The van der Waals surface area contributed by atoms with E-state index in [2.05, 4.69) is 35.2 Å². The molecular formula is C14H25N3O. The summed E-state index contributed by atoms with van der Waals surface area (Å²) in [7, 11) is 3.88. The van der Waals surface area contributed by atoms with Gasteiger partial charge in [0.15, 0.2) is 0 Å². The van der Waals surface area contributed by atoms with E-state index in [0.29, 0.717) is 6.04 Å². The predicted octanol–water partition coefficient (Wildman–Crippen LogP) is 1.53. The molecule has 0 spiro atoms. The van der Waals surface area contributed by atoms with Gasteiger partial charge >= 0.3 is 0 Å². The maximum atomic E-state index is 5.25. The van der Waals surface area contributed by atoms with E-state index in [0.717, 1.165) is 32.7 Å². The highest BCUT2D eigenvalue weighted by Gasteiger charge is 2.10. The zero-order valence-corrected chi connectivity index (χ0v) is 11.7. The van der Waals surface area contributed by atoms with Gasteiger partial charge in [-0.1, -0.05) is 13.0 Å². The number of methoxy groups -OCH3 is 1. The summed E-state index contributed by atoms with van der Waals surface area (Å²) in [6.07, 6.45) is 4.87. The predicted molar refractivity (Wildman–Crippen MR) is 74.5 cm³/mol. The van der Waals surface area contributed by atoms with Crippen molar-refractivity contribution in [1.29, 1.82) is 0 Å². The third-order valence-electron chi connectivity index (χ3n) is 2.76. The number of likely N-dealkylation sites (N-methyl/N-ethyl adjacent to an activating group) is 1. The Bertz CT molecular complexity index is 305. The van der Waals surface area contributed by atoms with Crippen LogP contribution in [0.15, 0.2) is 24.5 Å². The minimum absolute atomic E-state index is 0.386. The fourth-order valence-corrected chi connectivity index (χ4v) is 1.97. The molecule has 4 heteroatoms. The first-order valence-electron chi connectivity index (χ1n) is 6.56. The first-order valence-corrected chi connectivity index (χ1v) is 6.56. The van der Waals surface area contributed by atoms with Crippen LogP contribution in [0.2, 0.25) is 0 Å². The zero-order chi connectivity index (χ0) is 13.2. The number of nitrogens with one attached hydrogen (secondary N) is 1. The van der Waals surface area contributed by atoms with Crippen molar-refractivity contribution in [2.45, 2.75) is 25.9 Å². The molecule has 1 rings (SSSR count). The van der Waals surface area contributed by atoms with Crippen LogP contribution in [0.4, 0.5) is 0 Å². The molecule has 0 fully saturated rings. The van der Waals surface area contributed by atoms with Crippen LogP contribution in [-0.4, -0.2) is 49.8 Å². The van der Waals surface area contributed by atoms with Gasteiger partial charge in [0.05, 0.1) is 6.61 Å². The fraction of sp³-hybridized carbons (Fsp3) is 0.643. The van der Waals surface area contributed by atoms with Crippen molar-refractivity contribution in [3.8, 4) is 0 Å². The normalized spacial score (nSPS) is 12.9. The van der Waals surface area contributed by atoms with E-state index in [4.69, 9.17) is 4.74 Å². The summed E-state index contributed by atoms with van der Waals surface area (Å²) in [6.45, 7) is 5.85. The van der Waals surface area contributed by atoms with E-state index < -0.39 is 0 Å². The number of hydrogen-bond acceptors (Lipinski definition) is 4. The van der Waals surface area contributed by atoms with Crippen molar-refractivity contribution in [1.82, 2.24) is 15.2 Å². The number of nitrogens with zero attached hydrogens (tertiary/aromatic N) is 2. The van der Waals surface area contributed by atoms with Crippen LogP contribution >= 0.6 is 0 Å². The number of rotatable bonds is 9. The van der Waals surface area contributed by atoms with Gasteiger partial charge in [0.25, 0.3) is 0 Å². The highest BCUT2D eigenvalue weighted by atomic mass is 16.5. The molecule has 0 aromatic carbocycles. The quantitative estimate of drug-likeness (QED) is 0.722. The molecule has 0 aliphatic heterocycles. The monoisotopic (exact) mass is 251 g/mol. The molecule has 4 nitrogen and oxygen atoms in total. The Labute approximate surface area is 110 Å². The summed E-state index contributed by atoms with van der Waals surface area (Å²) in [5, 5.41) is 3.50. The summed E-state index contributed by atoms with van der Waals surface area (Å²) in [5.41, 5.74) is 1.24. The van der Waals surface area contributed by atoms with Crippen LogP contribution in [0.1, 0.15) is 18.9 Å². The van der Waals surface area contributed by atoms with Gasteiger partial charge in [0.2, 0.25) is 0 Å². The van der Waals surface area contributed by atoms with Crippen molar-refractivity contribution >= 4 is 0 Å². The van der Waals surface area contributed by atoms with Crippen molar-refractivity contribution in [2.24, 2.45) is 0 Å². The van der Waals surface area contributed by atoms with Crippen LogP contribution in [0, 0.1) is 0 Å². The molecule has 1 aromatic rings. The second-order valence-electron chi connectivity index (χ2n) is 4.66. The average Bonchev–Trinajstić information content (AvgIpc) is 2.37. The number of aromatic nitrogens is 1. The largest absolute Gasteiger partial charge is 0.383 e. The maximum absolute atomic E-state index is 5.25. The second kappa shape index (κ2) is 9.03. The number of hydrogen-bond donors (Lipinski definition) is 1. The molecule has 0 amide bonds. The molecule has 1 atom stereocenters. The van der Waals surface area contributed by atoms with Gasteiger partial charge in [0, 0.05) is 38.6 Å². The van der Waals surface area contributed by atoms with E-state index in [1.54, 1.807) is 13.3 Å². The molecule has 0 aliphatic rings. The van der Waals surface area contributed by atoms with E-state index in [9.17, 15) is 0 Å². The molecular weight excluding hydrogens is 226 g/mol. The molecule has 18 heavy (non-hydrogen) atoms. The summed E-state index contributed by atoms with van der Waals surface area (Å²) in [4.78, 5) is 6.43. The standard InChI is InChI=1S/C14H25N3O/c1-4-7-16-14(12-18-3)11-17(2)10-13-6-5-8-15-9-13/h5-6,8-9,14,16H,4,7,10-12H2,1-3H3. The molecule has 0 radical (unpaired) electrons. The maximum Gasteiger partial charge on any atom is 0.0628 e. The molecule has 1 N–H and O–H groups in total. The Hall–Kier alpha value is -0.970. The van der Waals surface area contributed by atoms with Crippen molar-refractivity contribution in [3.63, 3.8) is 0 Å². The van der Waals surface area contributed by atoms with Crippen LogP contribution in [0.5, 0.6) is 0 Å². The van der Waals surface area contributed by atoms with Crippen molar-refractivity contribution < 1.29 is 4.74 Å². The first-order chi connectivity index (χ1) is 8.76. The van der Waals surface area contributed by atoms with Crippen LogP contribution in [0.25, 0.3) is 0 Å². The number of pyridine rings is 1. The third kappa shape index (κ3) is 6.10. The van der Waals surface area contributed by atoms with Gasteiger partial charge in [-0.3, -0.25) is 4.98 Å². The Morgan fingerprint density at radius 2 is 2.33 bits per heavy atom. The number of ether oxygens (including phenoxy) is 1. The lowest BCUT2D eigenvalue weighted by Gasteiger charge is -2.24. The topological polar surface area (TPSA) is 37.4 Å². The molecule has 102 valence electrons. The Morgan fingerprint density at radius 3 is 2.94 bits per heavy atom. The summed E-state index contributed by atoms with van der Waals surface area (Å²) < 4.78 is 5.25. The Balaban J connectivity index is 2.37. The molecule has 0 aliphatic carbocycles. The van der Waals surface area contributed by atoms with Crippen molar-refractivity contribution in [2.75, 3.05) is 33.9 Å². The second-order valence-corrected chi connectivity index (χ2v) is 4.66. The van der Waals surface area contributed by atoms with Crippen LogP contribution < -0.4 is 5.32 Å². The minimum atomic E-state index is 0.386. The lowest BCUT2D eigenvalue weighted by atomic mass is 10.2. The summed E-state index contributed by atoms with van der Waals surface area (Å²) in [5.74, 6) is 0. The molecule has 1 aromatic heterocycles. The van der Waals surface area contributed by atoms with Gasteiger partial charge in [-0.25, -0.2) is 0 Å². The summed E-state index contributed by atoms with van der Waals surface area (Å²) >= 11 is 0. The van der Waals surface area contributed by atoms with Gasteiger partial charge in [0.1, 0.15) is 0 Å². The Kier molecular flexibility index (Phi) is 7.57. The SMILES string of the molecule is CCCNC(COC)CN(C)Cc1cccnc1. The van der Waals surface area contributed by atoms with Gasteiger partial charge in [-0.2, -0.15) is 0 Å². The first kappa shape index (κ1) is 15.1. The highest BCUT2D eigenvalue weighted by molar-refractivity contribution is 5.07. The minimum Gasteiger partial charge on any atom is -0.383 e. The fourth-order valence-electron chi connectivity index (χ4n) is 1.97. The Morgan fingerprint density at radius 1 is 1.50 bits per heavy atom. The van der Waals surface area contributed by atoms with Gasteiger partial charge in [-0.05, 0) is 31.6 Å². The third-order valence-corrected chi connectivity index (χ3v) is 2.76. The molecule has 0 bridgehead atoms. The van der Waals surface area contributed by atoms with E-state index in [1.165, 1.54) is 5.56 Å². The average molecular weight is 251 g/mol. The zero-order valence-electron chi connectivity index (χ0n) is 11.7. The molecule has 0 saturated heterocycles. The lowest BCUT2D eigenvalue weighted by molar-refractivity contribution is 0.144. The van der Waals surface area contributed by atoms with Gasteiger partial charge in [-0.15, -0.1) is 0 Å². The van der Waals surface area contributed by atoms with Crippen LogP contribution in [-0.2, 0) is 11.3 Å². The van der Waals surface area contributed by atoms with Crippen molar-refractivity contribution in [3.05, 3.63) is 30.1 Å². The molecule has 1 unspecified atom stereocenters. The van der Waals surface area contributed by atoms with E-state index in [1.807, 2.05) is 12.3 Å². The summed E-state index contributed by atoms with van der Waals surface area (Å²) in [6, 6.07) is 4.47. The van der Waals surface area contributed by atoms with Gasteiger partial charge < -0.3 is 15.0 Å². The smallest absolute Gasteiger partial charge is 0.0628 e. The molecule has 1 heterocycles. The van der Waals surface area contributed by atoms with E-state index >= 15 is 0 Å². The van der Waals surface area contributed by atoms with E-state index in [-0.39, 0.29) is 0 Å². The van der Waals surface area contributed by atoms with Crippen LogP contribution in [0.3, 0.4) is 0 Å². The highest BCUT2D eigenvalue weighted by Crippen LogP contribution is 2.01. The lowest BCUT2D eigenvalue weighted by Crippen LogP contribution is -2.42.